The van der Waals surface area contributed by atoms with Crippen LogP contribution in [0.15, 0.2) is 24.3 Å². The average molecular weight is 334 g/mol. The lowest BCUT2D eigenvalue weighted by molar-refractivity contribution is 0.0205. The number of methoxy groups -OCH3 is 1. The van der Waals surface area contributed by atoms with Crippen molar-refractivity contribution in [2.24, 2.45) is 0 Å². The molecule has 1 aromatic carbocycles. The van der Waals surface area contributed by atoms with E-state index in [2.05, 4.69) is 33.7 Å². The summed E-state index contributed by atoms with van der Waals surface area (Å²) in [4.78, 5) is 2.70. The summed E-state index contributed by atoms with van der Waals surface area (Å²) in [5.74, 6) is 1.00. The Labute approximate surface area is 144 Å². The van der Waals surface area contributed by atoms with Crippen LogP contribution in [0.4, 0.5) is 0 Å². The van der Waals surface area contributed by atoms with Gasteiger partial charge in [0, 0.05) is 37.3 Å². The Bertz CT molecular complexity index is 537. The molecule has 2 bridgehead atoms. The average Bonchev–Trinajstić information content (AvgIpc) is 2.55. The first kappa shape index (κ1) is 16.5. The van der Waals surface area contributed by atoms with Crippen molar-refractivity contribution >= 4 is 17.3 Å². The zero-order valence-electron chi connectivity index (χ0n) is 14.0. The van der Waals surface area contributed by atoms with Gasteiger partial charge in [-0.15, -0.1) is 0 Å². The summed E-state index contributed by atoms with van der Waals surface area (Å²) in [6, 6.07) is 10.2. The van der Waals surface area contributed by atoms with Crippen LogP contribution in [0.1, 0.15) is 37.7 Å². The number of hydrogen-bond donors (Lipinski definition) is 2. The monoisotopic (exact) mass is 333 g/mol. The number of piperidine rings is 2. The zero-order valence-corrected chi connectivity index (χ0v) is 14.9. The van der Waals surface area contributed by atoms with Crippen LogP contribution in [-0.2, 0) is 6.54 Å². The van der Waals surface area contributed by atoms with Crippen molar-refractivity contribution in [3.05, 3.63) is 29.8 Å². The van der Waals surface area contributed by atoms with Crippen LogP contribution in [0.5, 0.6) is 5.75 Å². The molecule has 1 unspecified atom stereocenters. The SMILES string of the molecule is CNC(=S)NC1C[C@H]2CCC[C@@H](C1)N2Cc1ccccc1OC. The number of hydrogen-bond acceptors (Lipinski definition) is 3. The van der Waals surface area contributed by atoms with Crippen LogP contribution in [-0.4, -0.2) is 42.3 Å². The third-order valence-corrected chi connectivity index (χ3v) is 5.56. The molecular formula is C18H27N3OS. The number of fused-ring (bicyclic) bond motifs is 2. The number of benzene rings is 1. The van der Waals surface area contributed by atoms with Gasteiger partial charge in [-0.3, -0.25) is 4.90 Å². The number of para-hydroxylation sites is 1. The van der Waals surface area contributed by atoms with Gasteiger partial charge in [0.25, 0.3) is 0 Å². The lowest BCUT2D eigenvalue weighted by Gasteiger charge is -2.49. The van der Waals surface area contributed by atoms with Crippen molar-refractivity contribution in [1.29, 1.82) is 0 Å². The highest BCUT2D eigenvalue weighted by atomic mass is 32.1. The van der Waals surface area contributed by atoms with Crippen LogP contribution in [0.25, 0.3) is 0 Å². The molecule has 0 saturated carbocycles. The molecule has 2 saturated heterocycles. The van der Waals surface area contributed by atoms with Crippen molar-refractivity contribution in [2.45, 2.75) is 56.8 Å². The Morgan fingerprint density at radius 2 is 1.96 bits per heavy atom. The molecule has 2 aliphatic rings. The molecule has 23 heavy (non-hydrogen) atoms. The van der Waals surface area contributed by atoms with Gasteiger partial charge in [-0.2, -0.15) is 0 Å². The van der Waals surface area contributed by atoms with Gasteiger partial charge in [0.2, 0.25) is 0 Å². The first-order valence-corrected chi connectivity index (χ1v) is 8.98. The van der Waals surface area contributed by atoms with Crippen molar-refractivity contribution in [1.82, 2.24) is 15.5 Å². The highest BCUT2D eigenvalue weighted by Crippen LogP contribution is 2.36. The van der Waals surface area contributed by atoms with Crippen LogP contribution in [0.3, 0.4) is 0 Å². The fourth-order valence-electron chi connectivity index (χ4n) is 4.14. The number of ether oxygens (including phenoxy) is 1. The first-order valence-electron chi connectivity index (χ1n) is 8.57. The fourth-order valence-corrected chi connectivity index (χ4v) is 4.31. The van der Waals surface area contributed by atoms with E-state index >= 15 is 0 Å². The minimum Gasteiger partial charge on any atom is -0.496 e. The summed E-state index contributed by atoms with van der Waals surface area (Å²) in [6.45, 7) is 0.989. The lowest BCUT2D eigenvalue weighted by atomic mass is 9.81. The van der Waals surface area contributed by atoms with E-state index in [4.69, 9.17) is 17.0 Å². The Balaban J connectivity index is 1.70. The van der Waals surface area contributed by atoms with E-state index in [1.807, 2.05) is 13.1 Å². The van der Waals surface area contributed by atoms with Crippen LogP contribution >= 0.6 is 12.2 Å². The molecule has 5 heteroatoms. The molecule has 0 aromatic heterocycles. The number of nitrogens with one attached hydrogen (secondary N) is 2. The first-order chi connectivity index (χ1) is 11.2. The second kappa shape index (κ2) is 7.49. The minimum atomic E-state index is 0.499. The largest absolute Gasteiger partial charge is 0.496 e. The van der Waals surface area contributed by atoms with Crippen molar-refractivity contribution in [3.8, 4) is 5.75 Å². The molecule has 3 atom stereocenters. The molecule has 3 rings (SSSR count). The Morgan fingerprint density at radius 1 is 1.26 bits per heavy atom. The highest BCUT2D eigenvalue weighted by molar-refractivity contribution is 7.80. The van der Waals surface area contributed by atoms with Crippen LogP contribution < -0.4 is 15.4 Å². The molecule has 2 fully saturated rings. The predicted octanol–water partition coefficient (Wildman–Crippen LogP) is 2.67. The standard InChI is InChI=1S/C18H27N3OS/c1-19-18(23)20-14-10-15-7-5-8-16(11-14)21(15)12-13-6-3-4-9-17(13)22-2/h3-4,6,9,14-16H,5,7-8,10-12H2,1-2H3,(H2,19,20,23)/t14?,15-,16+. The molecule has 2 N–H and O–H groups in total. The van der Waals surface area contributed by atoms with Gasteiger partial charge in [0.05, 0.1) is 7.11 Å². The van der Waals surface area contributed by atoms with E-state index in [9.17, 15) is 0 Å². The Hall–Kier alpha value is -1.33. The molecule has 0 radical (unpaired) electrons. The fraction of sp³-hybridized carbons (Fsp3) is 0.611. The predicted molar refractivity (Wildman–Crippen MR) is 97.8 cm³/mol. The number of rotatable bonds is 4. The van der Waals surface area contributed by atoms with Gasteiger partial charge < -0.3 is 15.4 Å². The lowest BCUT2D eigenvalue weighted by Crippen LogP contribution is -2.57. The Kier molecular flexibility index (Phi) is 5.38. The molecule has 126 valence electrons. The van der Waals surface area contributed by atoms with E-state index in [1.54, 1.807) is 7.11 Å². The molecule has 0 amide bonds. The van der Waals surface area contributed by atoms with E-state index in [0.717, 1.165) is 17.4 Å². The van der Waals surface area contributed by atoms with Crippen LogP contribution in [0.2, 0.25) is 0 Å². The van der Waals surface area contributed by atoms with Gasteiger partial charge >= 0.3 is 0 Å². The van der Waals surface area contributed by atoms with E-state index in [0.29, 0.717) is 18.1 Å². The summed E-state index contributed by atoms with van der Waals surface area (Å²) < 4.78 is 5.53. The third-order valence-electron chi connectivity index (χ3n) is 5.23. The van der Waals surface area contributed by atoms with Crippen molar-refractivity contribution in [3.63, 3.8) is 0 Å². The smallest absolute Gasteiger partial charge is 0.166 e. The highest BCUT2D eigenvalue weighted by Gasteiger charge is 2.38. The summed E-state index contributed by atoms with van der Waals surface area (Å²) in [5, 5.41) is 7.28. The Morgan fingerprint density at radius 3 is 2.61 bits per heavy atom. The second-order valence-electron chi connectivity index (χ2n) is 6.61. The summed E-state index contributed by atoms with van der Waals surface area (Å²) >= 11 is 5.28. The van der Waals surface area contributed by atoms with E-state index in [1.165, 1.54) is 37.7 Å². The van der Waals surface area contributed by atoms with Gasteiger partial charge in [-0.05, 0) is 44.0 Å². The van der Waals surface area contributed by atoms with E-state index in [-0.39, 0.29) is 0 Å². The maximum Gasteiger partial charge on any atom is 0.166 e. The quantitative estimate of drug-likeness (QED) is 0.829. The van der Waals surface area contributed by atoms with Crippen molar-refractivity contribution in [2.75, 3.05) is 14.2 Å². The van der Waals surface area contributed by atoms with Gasteiger partial charge in [-0.25, -0.2) is 0 Å². The molecule has 0 spiro atoms. The van der Waals surface area contributed by atoms with E-state index < -0.39 is 0 Å². The van der Waals surface area contributed by atoms with Gasteiger partial charge in [-0.1, -0.05) is 24.6 Å². The molecule has 1 aromatic rings. The van der Waals surface area contributed by atoms with Gasteiger partial charge in [0.1, 0.15) is 5.75 Å². The van der Waals surface area contributed by atoms with Crippen LogP contribution in [0, 0.1) is 0 Å². The zero-order chi connectivity index (χ0) is 16.2. The molecule has 0 aliphatic carbocycles. The van der Waals surface area contributed by atoms with Crippen molar-refractivity contribution < 1.29 is 4.74 Å². The summed E-state index contributed by atoms with van der Waals surface area (Å²) in [7, 11) is 3.64. The molecule has 2 heterocycles. The molecular weight excluding hydrogens is 306 g/mol. The van der Waals surface area contributed by atoms with Gasteiger partial charge in [0.15, 0.2) is 5.11 Å². The summed E-state index contributed by atoms with van der Waals surface area (Å²) in [5.41, 5.74) is 1.30. The molecule has 2 aliphatic heterocycles. The minimum absolute atomic E-state index is 0.499. The third kappa shape index (κ3) is 3.78. The number of thiocarbonyl (C=S) groups is 1. The number of nitrogens with zero attached hydrogens (tertiary/aromatic N) is 1. The maximum atomic E-state index is 5.53. The maximum absolute atomic E-state index is 5.53. The second-order valence-corrected chi connectivity index (χ2v) is 7.02. The molecule has 4 nitrogen and oxygen atoms in total. The topological polar surface area (TPSA) is 36.5 Å². The summed E-state index contributed by atoms with van der Waals surface area (Å²) in [6.07, 6.45) is 6.27. The normalized spacial score (nSPS) is 27.3.